The van der Waals surface area contributed by atoms with Crippen molar-refractivity contribution in [3.05, 3.63) is 12.0 Å². The number of rotatable bonds is 4. The molecular formula is C16H24N4O5S. The Morgan fingerprint density at radius 1 is 1.19 bits per heavy atom. The van der Waals surface area contributed by atoms with Gasteiger partial charge >= 0.3 is 5.97 Å². The fraction of sp³-hybridized carbons (Fsp3) is 0.688. The lowest BCUT2D eigenvalue weighted by Crippen LogP contribution is -2.51. The van der Waals surface area contributed by atoms with Gasteiger partial charge in [0.15, 0.2) is 5.03 Å². The number of amides is 1. The molecule has 1 aromatic rings. The first-order valence-corrected chi connectivity index (χ1v) is 9.93. The van der Waals surface area contributed by atoms with Crippen molar-refractivity contribution in [3.63, 3.8) is 0 Å². The molecule has 144 valence electrons. The summed E-state index contributed by atoms with van der Waals surface area (Å²) in [5, 5.41) is 9.24. The Labute approximate surface area is 152 Å². The third-order valence-corrected chi connectivity index (χ3v) is 7.37. The van der Waals surface area contributed by atoms with Gasteiger partial charge in [0.05, 0.1) is 11.8 Å². The van der Waals surface area contributed by atoms with Gasteiger partial charge in [-0.2, -0.15) is 4.31 Å². The zero-order valence-electron chi connectivity index (χ0n) is 15.3. The topological polar surface area (TPSA) is 113 Å². The van der Waals surface area contributed by atoms with E-state index < -0.39 is 33.2 Å². The van der Waals surface area contributed by atoms with Crippen molar-refractivity contribution in [2.24, 2.45) is 24.3 Å². The molecule has 0 radical (unpaired) electrons. The summed E-state index contributed by atoms with van der Waals surface area (Å²) in [5.74, 6) is -1.77. The molecule has 0 spiro atoms. The van der Waals surface area contributed by atoms with E-state index >= 15 is 0 Å². The molecule has 10 heteroatoms. The number of aliphatic carboxylic acids is 1. The smallest absolute Gasteiger partial charge is 0.307 e. The van der Waals surface area contributed by atoms with E-state index in [2.05, 4.69) is 4.98 Å². The Bertz CT molecular complexity index is 832. The average Bonchev–Trinajstić information content (AvgIpc) is 2.99. The van der Waals surface area contributed by atoms with Crippen LogP contribution >= 0.6 is 0 Å². The van der Waals surface area contributed by atoms with Crippen LogP contribution in [0.2, 0.25) is 0 Å². The van der Waals surface area contributed by atoms with Crippen molar-refractivity contribution >= 4 is 21.9 Å². The van der Waals surface area contributed by atoms with E-state index in [1.54, 1.807) is 37.3 Å². The molecule has 1 saturated heterocycles. The monoisotopic (exact) mass is 384 g/mol. The van der Waals surface area contributed by atoms with E-state index in [1.165, 1.54) is 10.5 Å². The second kappa shape index (κ2) is 6.05. The van der Waals surface area contributed by atoms with Crippen LogP contribution in [0.4, 0.5) is 0 Å². The molecule has 0 unspecified atom stereocenters. The molecule has 1 N–H and O–H groups in total. The van der Waals surface area contributed by atoms with Gasteiger partial charge in [-0.1, -0.05) is 13.8 Å². The minimum absolute atomic E-state index is 0.00606. The van der Waals surface area contributed by atoms with Crippen LogP contribution in [0.5, 0.6) is 0 Å². The number of piperazine rings is 1. The largest absolute Gasteiger partial charge is 0.481 e. The Hall–Kier alpha value is -1.94. The third kappa shape index (κ3) is 2.90. The van der Waals surface area contributed by atoms with Gasteiger partial charge in [-0.25, -0.2) is 13.4 Å². The highest BCUT2D eigenvalue weighted by atomic mass is 32.2. The fourth-order valence-electron chi connectivity index (χ4n) is 3.69. The summed E-state index contributed by atoms with van der Waals surface area (Å²) in [6.07, 6.45) is 1.48. The number of carboxylic acids is 1. The molecule has 0 aromatic carbocycles. The molecule has 2 aliphatic rings. The zero-order chi connectivity index (χ0) is 19.4. The molecule has 1 aliphatic carbocycles. The van der Waals surface area contributed by atoms with E-state index in [0.717, 1.165) is 0 Å². The van der Waals surface area contributed by atoms with Gasteiger partial charge in [-0.05, 0) is 12.3 Å². The molecule has 2 fully saturated rings. The van der Waals surface area contributed by atoms with Crippen LogP contribution in [0.15, 0.2) is 11.2 Å². The number of carbonyl (C=O) groups is 2. The molecule has 2 heterocycles. The van der Waals surface area contributed by atoms with E-state index in [-0.39, 0.29) is 37.1 Å². The highest BCUT2D eigenvalue weighted by Gasteiger charge is 2.66. The van der Waals surface area contributed by atoms with Crippen molar-refractivity contribution in [2.45, 2.75) is 25.8 Å². The number of hydrogen-bond donors (Lipinski definition) is 1. The van der Waals surface area contributed by atoms with E-state index in [9.17, 15) is 23.1 Å². The van der Waals surface area contributed by atoms with Crippen LogP contribution in [-0.2, 0) is 26.7 Å². The van der Waals surface area contributed by atoms with Gasteiger partial charge in [0.2, 0.25) is 5.91 Å². The lowest BCUT2D eigenvalue weighted by atomic mass is 10.1. The van der Waals surface area contributed by atoms with Crippen LogP contribution in [0, 0.1) is 24.2 Å². The maximum atomic E-state index is 12.7. The first kappa shape index (κ1) is 18.8. The quantitative estimate of drug-likeness (QED) is 0.777. The highest BCUT2D eigenvalue weighted by molar-refractivity contribution is 7.89. The molecule has 1 saturated carbocycles. The first-order valence-electron chi connectivity index (χ1n) is 8.49. The Balaban J connectivity index is 1.66. The van der Waals surface area contributed by atoms with Crippen molar-refractivity contribution in [2.75, 3.05) is 26.2 Å². The summed E-state index contributed by atoms with van der Waals surface area (Å²) in [4.78, 5) is 29.6. The summed E-state index contributed by atoms with van der Waals surface area (Å²) in [6.45, 7) is 6.14. The Kier molecular flexibility index (Phi) is 4.39. The van der Waals surface area contributed by atoms with Gasteiger partial charge < -0.3 is 14.6 Å². The fourth-order valence-corrected chi connectivity index (χ4v) is 5.14. The van der Waals surface area contributed by atoms with E-state index in [0.29, 0.717) is 5.82 Å². The SMILES string of the molecule is Cc1nc(S(=O)(=O)N2CCN(C(=O)[C@@H]3[C@H](C(=O)O)C3(C)C)CC2)cn1C. The summed E-state index contributed by atoms with van der Waals surface area (Å²) >= 11 is 0. The molecule has 2 atom stereocenters. The van der Waals surface area contributed by atoms with E-state index in [4.69, 9.17) is 0 Å². The molecular weight excluding hydrogens is 360 g/mol. The first-order chi connectivity index (χ1) is 12.0. The number of hydrogen-bond acceptors (Lipinski definition) is 5. The number of sulfonamides is 1. The standard InChI is InChI=1S/C16H24N4O5S/c1-10-17-11(9-18(10)4)26(24,25)20-7-5-19(6-8-20)14(21)12-13(15(22)23)16(12,2)3/h9,12-13H,5-8H2,1-4H3,(H,22,23)/t12-,13+/m0/s1. The average molecular weight is 384 g/mol. The predicted molar refractivity (Wildman–Crippen MR) is 91.7 cm³/mol. The van der Waals surface area contributed by atoms with Crippen LogP contribution in [0.3, 0.4) is 0 Å². The van der Waals surface area contributed by atoms with Gasteiger partial charge in [0.25, 0.3) is 10.0 Å². The Morgan fingerprint density at radius 2 is 1.77 bits per heavy atom. The van der Waals surface area contributed by atoms with E-state index in [1.807, 2.05) is 0 Å². The maximum Gasteiger partial charge on any atom is 0.307 e. The minimum Gasteiger partial charge on any atom is -0.481 e. The third-order valence-electron chi connectivity index (χ3n) is 5.60. The summed E-state index contributed by atoms with van der Waals surface area (Å²) < 4.78 is 28.3. The van der Waals surface area contributed by atoms with Crippen LogP contribution in [0.25, 0.3) is 0 Å². The molecule has 9 nitrogen and oxygen atoms in total. The summed E-state index contributed by atoms with van der Waals surface area (Å²) in [6, 6.07) is 0. The number of carbonyl (C=O) groups excluding carboxylic acids is 1. The van der Waals surface area contributed by atoms with Crippen LogP contribution in [0.1, 0.15) is 19.7 Å². The summed E-state index contributed by atoms with van der Waals surface area (Å²) in [5.41, 5.74) is -0.558. The normalized spacial score (nSPS) is 25.9. The molecule has 1 amide bonds. The number of nitrogens with zero attached hydrogens (tertiary/aromatic N) is 4. The van der Waals surface area contributed by atoms with Crippen molar-refractivity contribution < 1.29 is 23.1 Å². The van der Waals surface area contributed by atoms with Crippen LogP contribution < -0.4 is 0 Å². The van der Waals surface area contributed by atoms with Crippen molar-refractivity contribution in [3.8, 4) is 0 Å². The zero-order valence-corrected chi connectivity index (χ0v) is 16.2. The van der Waals surface area contributed by atoms with Gasteiger partial charge in [-0.3, -0.25) is 9.59 Å². The molecule has 0 bridgehead atoms. The summed E-state index contributed by atoms with van der Waals surface area (Å²) in [7, 11) is -1.96. The number of imidazole rings is 1. The maximum absolute atomic E-state index is 12.7. The Morgan fingerprint density at radius 3 is 2.19 bits per heavy atom. The lowest BCUT2D eigenvalue weighted by molar-refractivity contribution is -0.142. The van der Waals surface area contributed by atoms with Crippen molar-refractivity contribution in [1.29, 1.82) is 0 Å². The molecule has 1 aliphatic heterocycles. The van der Waals surface area contributed by atoms with Gasteiger partial charge in [0, 0.05) is 39.4 Å². The number of carboxylic acid groups (broad SMARTS) is 1. The highest BCUT2D eigenvalue weighted by Crippen LogP contribution is 2.59. The lowest BCUT2D eigenvalue weighted by Gasteiger charge is -2.34. The van der Waals surface area contributed by atoms with Gasteiger partial charge in [-0.15, -0.1) is 0 Å². The van der Waals surface area contributed by atoms with Crippen molar-refractivity contribution in [1.82, 2.24) is 18.8 Å². The molecule has 3 rings (SSSR count). The number of aryl methyl sites for hydroxylation is 2. The minimum atomic E-state index is -3.70. The van der Waals surface area contributed by atoms with Gasteiger partial charge in [0.1, 0.15) is 5.82 Å². The molecule has 26 heavy (non-hydrogen) atoms. The molecule has 1 aromatic heterocycles. The number of aromatic nitrogens is 2. The second-order valence-electron chi connectivity index (χ2n) is 7.58. The predicted octanol–water partition coefficient (Wildman–Crippen LogP) is -0.0818. The second-order valence-corrected chi connectivity index (χ2v) is 9.47. The van der Waals surface area contributed by atoms with Crippen LogP contribution in [-0.4, -0.2) is 70.3 Å².